The van der Waals surface area contributed by atoms with Gasteiger partial charge in [0.05, 0.1) is 6.20 Å². The van der Waals surface area contributed by atoms with Crippen molar-refractivity contribution in [2.75, 3.05) is 0 Å². The summed E-state index contributed by atoms with van der Waals surface area (Å²) in [4.78, 5) is 3.43. The Hall–Kier alpha value is -1.23. The van der Waals surface area contributed by atoms with Crippen LogP contribution in [0.25, 0.3) is 0 Å². The van der Waals surface area contributed by atoms with E-state index in [2.05, 4.69) is 31.6 Å². The fourth-order valence-electron chi connectivity index (χ4n) is 0.270. The minimum absolute atomic E-state index is 1.30. The van der Waals surface area contributed by atoms with Gasteiger partial charge >= 0.3 is 0 Å². The van der Waals surface area contributed by atoms with E-state index in [0.29, 0.717) is 0 Å². The number of hydrogen-bond donors (Lipinski definition) is 0. The zero-order valence-corrected chi connectivity index (χ0v) is 5.71. The van der Waals surface area contributed by atoms with E-state index in [1.54, 1.807) is 5.38 Å². The normalized spacial score (nSPS) is 8.00. The SMILES string of the molecule is [c]1csnn1.[c]1ncco1. The zero-order valence-electron chi connectivity index (χ0n) is 4.89. The highest BCUT2D eigenvalue weighted by Crippen LogP contribution is 1.77. The van der Waals surface area contributed by atoms with Crippen molar-refractivity contribution in [1.82, 2.24) is 14.6 Å². The summed E-state index contributed by atoms with van der Waals surface area (Å²) in [5.41, 5.74) is 0. The van der Waals surface area contributed by atoms with E-state index < -0.39 is 0 Å². The molecule has 2 radical (unpaired) electrons. The van der Waals surface area contributed by atoms with E-state index in [0.717, 1.165) is 0 Å². The second kappa shape index (κ2) is 4.63. The van der Waals surface area contributed by atoms with E-state index in [9.17, 15) is 0 Å². The van der Waals surface area contributed by atoms with Crippen LogP contribution in [-0.2, 0) is 0 Å². The molecule has 4 nitrogen and oxygen atoms in total. The summed E-state index contributed by atoms with van der Waals surface area (Å²) in [6.45, 7) is 0. The van der Waals surface area contributed by atoms with E-state index in [4.69, 9.17) is 0 Å². The summed E-state index contributed by atoms with van der Waals surface area (Å²) >= 11 is 1.30. The summed E-state index contributed by atoms with van der Waals surface area (Å²) in [6.07, 6.45) is 7.74. The maximum absolute atomic E-state index is 4.35. The molecule has 10 heavy (non-hydrogen) atoms. The topological polar surface area (TPSA) is 51.8 Å². The molecule has 0 atom stereocenters. The molecule has 0 unspecified atom stereocenters. The van der Waals surface area contributed by atoms with Crippen LogP contribution in [0.3, 0.4) is 0 Å². The molecule has 2 aromatic rings. The molecule has 0 bridgehead atoms. The summed E-state index contributed by atoms with van der Waals surface area (Å²) in [5, 5.41) is 5.06. The van der Waals surface area contributed by atoms with Gasteiger partial charge in [0.1, 0.15) is 12.5 Å². The van der Waals surface area contributed by atoms with Crippen molar-refractivity contribution in [2.45, 2.75) is 0 Å². The largest absolute Gasteiger partial charge is 0.441 e. The van der Waals surface area contributed by atoms with Gasteiger partial charge in [-0.1, -0.05) is 4.49 Å². The first-order valence-electron chi connectivity index (χ1n) is 2.39. The smallest absolute Gasteiger partial charge is 0.283 e. The van der Waals surface area contributed by atoms with E-state index in [-0.39, 0.29) is 0 Å². The van der Waals surface area contributed by atoms with Gasteiger partial charge in [-0.2, -0.15) is 0 Å². The molecule has 0 saturated carbocycles. The summed E-state index contributed by atoms with van der Waals surface area (Å²) in [5.74, 6) is 0. The van der Waals surface area contributed by atoms with Crippen LogP contribution in [0.15, 0.2) is 22.3 Å². The minimum Gasteiger partial charge on any atom is -0.441 e. The van der Waals surface area contributed by atoms with Crippen molar-refractivity contribution in [3.8, 4) is 0 Å². The van der Waals surface area contributed by atoms with Gasteiger partial charge in [-0.15, -0.1) is 5.10 Å². The van der Waals surface area contributed by atoms with Gasteiger partial charge in [0.15, 0.2) is 0 Å². The van der Waals surface area contributed by atoms with Crippen molar-refractivity contribution in [2.24, 2.45) is 0 Å². The number of rotatable bonds is 0. The van der Waals surface area contributed by atoms with E-state index in [1.165, 1.54) is 24.0 Å². The summed E-state index contributed by atoms with van der Waals surface area (Å²) in [7, 11) is 0. The van der Waals surface area contributed by atoms with Crippen LogP contribution in [0.1, 0.15) is 0 Å². The Bertz CT molecular complexity index is 156. The fraction of sp³-hybridized carbons (Fsp3) is 0. The van der Waals surface area contributed by atoms with Gasteiger partial charge in [-0.25, -0.2) is 4.98 Å². The predicted molar refractivity (Wildman–Crippen MR) is 34.1 cm³/mol. The molecule has 0 aromatic carbocycles. The summed E-state index contributed by atoms with van der Waals surface area (Å²) in [6, 6.07) is 0. The Morgan fingerprint density at radius 3 is 2.70 bits per heavy atom. The monoisotopic (exact) mass is 153 g/mol. The average Bonchev–Trinajstić information content (AvgIpc) is 2.67. The number of aromatic nitrogens is 3. The predicted octanol–water partition coefficient (Wildman–Crippen LogP) is 0.813. The maximum Gasteiger partial charge on any atom is 0.283 e. The Morgan fingerprint density at radius 2 is 2.50 bits per heavy atom. The lowest BCUT2D eigenvalue weighted by Crippen LogP contribution is -1.52. The van der Waals surface area contributed by atoms with Gasteiger partial charge in [0, 0.05) is 5.38 Å². The number of nitrogens with zero attached hydrogens (tertiary/aromatic N) is 3. The molecule has 0 spiro atoms. The molecule has 5 heteroatoms. The second-order valence-corrected chi connectivity index (χ2v) is 1.77. The van der Waals surface area contributed by atoms with Crippen LogP contribution in [0.4, 0.5) is 0 Å². The third-order valence-electron chi connectivity index (χ3n) is 0.560. The first kappa shape index (κ1) is 6.88. The second-order valence-electron chi connectivity index (χ2n) is 1.16. The molecule has 2 heterocycles. The first-order valence-corrected chi connectivity index (χ1v) is 3.22. The van der Waals surface area contributed by atoms with Crippen LogP contribution in [0.5, 0.6) is 0 Å². The van der Waals surface area contributed by atoms with Gasteiger partial charge < -0.3 is 4.42 Å². The molecule has 0 aliphatic heterocycles. The molecule has 2 rings (SSSR count). The van der Waals surface area contributed by atoms with Crippen molar-refractivity contribution in [1.29, 1.82) is 0 Å². The number of oxazole rings is 1. The molecule has 50 valence electrons. The first-order chi connectivity index (χ1) is 5.00. The van der Waals surface area contributed by atoms with Crippen LogP contribution in [0.2, 0.25) is 0 Å². The van der Waals surface area contributed by atoms with Gasteiger partial charge in [-0.3, -0.25) is 0 Å². The zero-order chi connectivity index (χ0) is 7.07. The fourth-order valence-corrected chi connectivity index (χ4v) is 0.506. The van der Waals surface area contributed by atoms with Crippen molar-refractivity contribution >= 4 is 11.5 Å². The Balaban J connectivity index is 0.0000001000. The molecule has 2 aromatic heterocycles. The highest BCUT2D eigenvalue weighted by Gasteiger charge is 1.63. The van der Waals surface area contributed by atoms with Crippen molar-refractivity contribution in [3.63, 3.8) is 0 Å². The highest BCUT2D eigenvalue weighted by molar-refractivity contribution is 7.03. The highest BCUT2D eigenvalue weighted by atomic mass is 32.1. The molecule has 0 saturated heterocycles. The third-order valence-corrected chi connectivity index (χ3v) is 0.947. The molecule has 0 N–H and O–H groups in total. The van der Waals surface area contributed by atoms with E-state index in [1.807, 2.05) is 0 Å². The number of hydrogen-bond acceptors (Lipinski definition) is 5. The lowest BCUT2D eigenvalue weighted by Gasteiger charge is -1.44. The standard InChI is InChI=1S/C3H2NO.C2HN2S/c1-2-5-3-4-1;1-2-5-4-3-1/h1-2H;2H. The quantitative estimate of drug-likeness (QED) is 0.562. The van der Waals surface area contributed by atoms with Crippen molar-refractivity contribution in [3.05, 3.63) is 30.4 Å². The Morgan fingerprint density at radius 1 is 1.50 bits per heavy atom. The minimum atomic E-state index is 1.30. The average molecular weight is 153 g/mol. The molecular formula is C5H3N3OS. The third kappa shape index (κ3) is 2.93. The molecule has 0 aliphatic carbocycles. The maximum atomic E-state index is 4.35. The van der Waals surface area contributed by atoms with Gasteiger partial charge in [0.25, 0.3) is 6.39 Å². The van der Waals surface area contributed by atoms with E-state index >= 15 is 0 Å². The van der Waals surface area contributed by atoms with Crippen LogP contribution >= 0.6 is 11.5 Å². The molecule has 0 aliphatic rings. The van der Waals surface area contributed by atoms with Gasteiger partial charge in [-0.05, 0) is 11.5 Å². The lowest BCUT2D eigenvalue weighted by atomic mass is 11.0. The summed E-state index contributed by atoms with van der Waals surface area (Å²) < 4.78 is 7.81. The van der Waals surface area contributed by atoms with Crippen LogP contribution < -0.4 is 0 Å². The molecular weight excluding hydrogens is 150 g/mol. The van der Waals surface area contributed by atoms with Crippen molar-refractivity contribution < 1.29 is 4.42 Å². The molecule has 0 amide bonds. The molecule has 0 fully saturated rings. The van der Waals surface area contributed by atoms with Crippen LogP contribution in [0, 0.1) is 12.6 Å². The Kier molecular flexibility index (Phi) is 3.19. The van der Waals surface area contributed by atoms with Gasteiger partial charge in [0.2, 0.25) is 0 Å². The lowest BCUT2D eigenvalue weighted by molar-refractivity contribution is 0.548. The Labute approximate surface area is 61.7 Å². The van der Waals surface area contributed by atoms with Crippen LogP contribution in [-0.4, -0.2) is 14.6 Å².